The van der Waals surface area contributed by atoms with E-state index in [0.717, 1.165) is 13.0 Å². The Bertz CT molecular complexity index is 298. The number of hydrogen-bond donors (Lipinski definition) is 2. The van der Waals surface area contributed by atoms with Crippen molar-refractivity contribution in [2.75, 3.05) is 6.54 Å². The predicted octanol–water partition coefficient (Wildman–Crippen LogP) is 1.39. The second-order valence-electron chi connectivity index (χ2n) is 3.70. The number of benzene rings is 1. The molecular formula is C11H15NO. The molecule has 2 N–H and O–H groups in total. The van der Waals surface area contributed by atoms with Crippen LogP contribution in [0.4, 0.5) is 0 Å². The summed E-state index contributed by atoms with van der Waals surface area (Å²) in [6.45, 7) is 2.99. The zero-order valence-corrected chi connectivity index (χ0v) is 7.83. The Hall–Kier alpha value is -0.860. The average Bonchev–Trinajstić information content (AvgIpc) is 2.51. The van der Waals surface area contributed by atoms with Crippen LogP contribution in [-0.4, -0.2) is 17.8 Å². The third kappa shape index (κ3) is 1.74. The number of hydrogen-bond acceptors (Lipinski definition) is 2. The van der Waals surface area contributed by atoms with Crippen LogP contribution in [0.2, 0.25) is 0 Å². The summed E-state index contributed by atoms with van der Waals surface area (Å²) in [6.07, 6.45) is 0.639. The molecule has 0 amide bonds. The maximum absolute atomic E-state index is 9.67. The van der Waals surface area contributed by atoms with Crippen LogP contribution in [0.3, 0.4) is 0 Å². The second-order valence-corrected chi connectivity index (χ2v) is 3.70. The van der Waals surface area contributed by atoms with E-state index in [1.54, 1.807) is 0 Å². The third-order valence-electron chi connectivity index (χ3n) is 2.59. The van der Waals surface area contributed by atoms with E-state index in [1.165, 1.54) is 11.1 Å². The molecule has 1 saturated heterocycles. The van der Waals surface area contributed by atoms with Gasteiger partial charge in [0.05, 0.1) is 12.1 Å². The first-order chi connectivity index (χ1) is 6.27. The Morgan fingerprint density at radius 3 is 2.92 bits per heavy atom. The first kappa shape index (κ1) is 8.73. The van der Waals surface area contributed by atoms with Crippen LogP contribution in [0.1, 0.15) is 23.6 Å². The van der Waals surface area contributed by atoms with Crippen LogP contribution in [0.25, 0.3) is 0 Å². The summed E-state index contributed by atoms with van der Waals surface area (Å²) < 4.78 is 0. The minimum atomic E-state index is -0.221. The number of aliphatic hydroxyl groups excluding tert-OH is 1. The molecule has 2 atom stereocenters. The van der Waals surface area contributed by atoms with Gasteiger partial charge in [-0.3, -0.25) is 0 Å². The van der Waals surface area contributed by atoms with Crippen molar-refractivity contribution in [3.8, 4) is 0 Å². The minimum Gasteiger partial charge on any atom is -0.391 e. The van der Waals surface area contributed by atoms with E-state index in [2.05, 4.69) is 30.4 Å². The summed E-state index contributed by atoms with van der Waals surface area (Å²) in [5, 5.41) is 13.0. The zero-order valence-electron chi connectivity index (χ0n) is 7.83. The molecule has 13 heavy (non-hydrogen) atoms. The molecule has 0 bridgehead atoms. The normalized spacial score (nSPS) is 27.8. The summed E-state index contributed by atoms with van der Waals surface area (Å²) in [6, 6.07) is 8.45. The summed E-state index contributed by atoms with van der Waals surface area (Å²) in [5.74, 6) is 0. The summed E-state index contributed by atoms with van der Waals surface area (Å²) >= 11 is 0. The molecule has 2 rings (SSSR count). The van der Waals surface area contributed by atoms with Gasteiger partial charge in [-0.15, -0.1) is 0 Å². The summed E-state index contributed by atoms with van der Waals surface area (Å²) in [4.78, 5) is 0. The number of nitrogens with one attached hydrogen (secondary N) is 1. The summed E-state index contributed by atoms with van der Waals surface area (Å²) in [5.41, 5.74) is 2.45. The highest BCUT2D eigenvalue weighted by Gasteiger charge is 2.25. The molecule has 0 radical (unpaired) electrons. The highest BCUT2D eigenvalue weighted by atomic mass is 16.3. The molecule has 0 saturated carbocycles. The van der Waals surface area contributed by atoms with Gasteiger partial charge in [0.15, 0.2) is 0 Å². The first-order valence-electron chi connectivity index (χ1n) is 4.75. The van der Waals surface area contributed by atoms with Gasteiger partial charge in [-0.2, -0.15) is 0 Å². The van der Waals surface area contributed by atoms with Crippen LogP contribution in [0.5, 0.6) is 0 Å². The van der Waals surface area contributed by atoms with Gasteiger partial charge in [0.2, 0.25) is 0 Å². The highest BCUT2D eigenvalue weighted by molar-refractivity contribution is 5.26. The van der Waals surface area contributed by atoms with E-state index in [1.807, 2.05) is 6.07 Å². The van der Waals surface area contributed by atoms with Gasteiger partial charge in [-0.25, -0.2) is 0 Å². The van der Waals surface area contributed by atoms with Crippen molar-refractivity contribution in [3.05, 3.63) is 35.4 Å². The Balaban J connectivity index is 2.24. The third-order valence-corrected chi connectivity index (χ3v) is 2.59. The van der Waals surface area contributed by atoms with Crippen LogP contribution < -0.4 is 5.32 Å². The first-order valence-corrected chi connectivity index (χ1v) is 4.75. The van der Waals surface area contributed by atoms with Crippen molar-refractivity contribution in [2.24, 2.45) is 0 Å². The maximum Gasteiger partial charge on any atom is 0.0747 e. The Morgan fingerprint density at radius 1 is 1.46 bits per heavy atom. The molecule has 1 heterocycles. The van der Waals surface area contributed by atoms with E-state index < -0.39 is 0 Å². The largest absolute Gasteiger partial charge is 0.391 e. The monoisotopic (exact) mass is 177 g/mol. The van der Waals surface area contributed by atoms with E-state index in [0.29, 0.717) is 0 Å². The van der Waals surface area contributed by atoms with Gasteiger partial charge >= 0.3 is 0 Å². The van der Waals surface area contributed by atoms with Crippen LogP contribution >= 0.6 is 0 Å². The van der Waals surface area contributed by atoms with E-state index in [9.17, 15) is 5.11 Å². The lowest BCUT2D eigenvalue weighted by Crippen LogP contribution is -2.20. The van der Waals surface area contributed by atoms with Gasteiger partial charge in [-0.1, -0.05) is 29.8 Å². The van der Waals surface area contributed by atoms with Crippen LogP contribution in [0.15, 0.2) is 24.3 Å². The van der Waals surface area contributed by atoms with Crippen molar-refractivity contribution < 1.29 is 5.11 Å². The predicted molar refractivity (Wildman–Crippen MR) is 52.5 cm³/mol. The Kier molecular flexibility index (Phi) is 2.34. The van der Waals surface area contributed by atoms with Gasteiger partial charge in [0, 0.05) is 0 Å². The topological polar surface area (TPSA) is 32.3 Å². The highest BCUT2D eigenvalue weighted by Crippen LogP contribution is 2.23. The summed E-state index contributed by atoms with van der Waals surface area (Å²) in [7, 11) is 0. The lowest BCUT2D eigenvalue weighted by molar-refractivity contribution is 0.160. The van der Waals surface area contributed by atoms with E-state index >= 15 is 0 Å². The molecule has 70 valence electrons. The zero-order chi connectivity index (χ0) is 9.26. The minimum absolute atomic E-state index is 0.139. The standard InChI is InChI=1S/C11H15NO/c1-8-3-2-4-9(7-8)11-10(13)5-6-12-11/h2-4,7,10-13H,5-6H2,1H3. The van der Waals surface area contributed by atoms with Gasteiger partial charge in [0.25, 0.3) is 0 Å². The SMILES string of the molecule is Cc1cccc(C2NCCC2O)c1. The second kappa shape index (κ2) is 3.48. The molecule has 0 spiro atoms. The molecular weight excluding hydrogens is 162 g/mol. The van der Waals surface area contributed by atoms with E-state index in [4.69, 9.17) is 0 Å². The van der Waals surface area contributed by atoms with Crippen molar-refractivity contribution in [1.29, 1.82) is 0 Å². The molecule has 1 aromatic rings. The average molecular weight is 177 g/mol. The quantitative estimate of drug-likeness (QED) is 0.679. The Morgan fingerprint density at radius 2 is 2.31 bits per heavy atom. The molecule has 1 aliphatic rings. The van der Waals surface area contributed by atoms with Gasteiger partial charge in [-0.05, 0) is 25.5 Å². The fraction of sp³-hybridized carbons (Fsp3) is 0.455. The van der Waals surface area contributed by atoms with Crippen molar-refractivity contribution in [2.45, 2.75) is 25.5 Å². The number of aliphatic hydroxyl groups is 1. The number of aryl methyl sites for hydroxylation is 1. The fourth-order valence-electron chi connectivity index (χ4n) is 1.89. The number of rotatable bonds is 1. The fourth-order valence-corrected chi connectivity index (χ4v) is 1.89. The van der Waals surface area contributed by atoms with E-state index in [-0.39, 0.29) is 12.1 Å². The van der Waals surface area contributed by atoms with Crippen molar-refractivity contribution in [1.82, 2.24) is 5.32 Å². The molecule has 0 aliphatic carbocycles. The molecule has 2 heteroatoms. The lowest BCUT2D eigenvalue weighted by Gasteiger charge is -2.15. The molecule has 2 unspecified atom stereocenters. The molecule has 1 aromatic carbocycles. The molecule has 1 aliphatic heterocycles. The lowest BCUT2D eigenvalue weighted by atomic mass is 10.0. The van der Waals surface area contributed by atoms with Gasteiger partial charge in [0.1, 0.15) is 0 Å². The van der Waals surface area contributed by atoms with Crippen LogP contribution in [0, 0.1) is 6.92 Å². The molecule has 0 aromatic heterocycles. The van der Waals surface area contributed by atoms with Crippen molar-refractivity contribution >= 4 is 0 Å². The Labute approximate surface area is 78.6 Å². The molecule has 1 fully saturated rings. The smallest absolute Gasteiger partial charge is 0.0747 e. The van der Waals surface area contributed by atoms with Crippen LogP contribution in [-0.2, 0) is 0 Å². The van der Waals surface area contributed by atoms with Gasteiger partial charge < -0.3 is 10.4 Å². The molecule has 2 nitrogen and oxygen atoms in total. The maximum atomic E-state index is 9.67. The van der Waals surface area contributed by atoms with Crippen molar-refractivity contribution in [3.63, 3.8) is 0 Å².